The van der Waals surface area contributed by atoms with Crippen molar-refractivity contribution in [2.45, 2.75) is 18.9 Å². The van der Waals surface area contributed by atoms with Gasteiger partial charge in [0.25, 0.3) is 9.05 Å². The summed E-state index contributed by atoms with van der Waals surface area (Å²) in [4.78, 5) is 0. The summed E-state index contributed by atoms with van der Waals surface area (Å²) in [5.74, 6) is 0. The molecule has 1 unspecified atom stereocenters. The fourth-order valence-corrected chi connectivity index (χ4v) is 1.43. The zero-order valence-corrected chi connectivity index (χ0v) is 7.53. The Kier molecular flexibility index (Phi) is 3.20. The van der Waals surface area contributed by atoms with Crippen LogP contribution in [0.4, 0.5) is 0 Å². The second-order valence-corrected chi connectivity index (χ2v) is 4.70. The lowest BCUT2D eigenvalue weighted by molar-refractivity contribution is 0.0691. The highest BCUT2D eigenvalue weighted by Gasteiger charge is 2.17. The largest absolute Gasteiger partial charge is 0.376 e. The van der Waals surface area contributed by atoms with Crippen molar-refractivity contribution < 1.29 is 17.7 Å². The molecule has 66 valence electrons. The van der Waals surface area contributed by atoms with Crippen LogP contribution >= 0.6 is 0 Å². The van der Waals surface area contributed by atoms with Gasteiger partial charge in [-0.05, 0) is 12.8 Å². The summed E-state index contributed by atoms with van der Waals surface area (Å²) in [6, 6.07) is 0. The highest BCUT2D eigenvalue weighted by Crippen LogP contribution is 2.12. The van der Waals surface area contributed by atoms with Gasteiger partial charge >= 0.3 is 0 Å². The molecular formula is C5H10O4S2. The summed E-state index contributed by atoms with van der Waals surface area (Å²) in [5, 5.41) is 0. The van der Waals surface area contributed by atoms with E-state index < -0.39 is 9.05 Å². The first-order chi connectivity index (χ1) is 5.08. The maximum atomic E-state index is 10.4. The van der Waals surface area contributed by atoms with Gasteiger partial charge < -0.3 is 4.74 Å². The molecule has 0 spiro atoms. The van der Waals surface area contributed by atoms with E-state index in [1.54, 1.807) is 0 Å². The van der Waals surface area contributed by atoms with Crippen LogP contribution in [0, 0.1) is 0 Å². The Hall–Kier alpha value is 0.250. The Morgan fingerprint density at radius 2 is 2.55 bits per heavy atom. The van der Waals surface area contributed by atoms with Crippen molar-refractivity contribution in [3.8, 4) is 0 Å². The van der Waals surface area contributed by atoms with E-state index in [1.165, 1.54) is 0 Å². The van der Waals surface area contributed by atoms with Crippen molar-refractivity contribution in [2.24, 2.45) is 0 Å². The highest BCUT2D eigenvalue weighted by molar-refractivity contribution is 8.27. The van der Waals surface area contributed by atoms with Gasteiger partial charge in [-0.25, -0.2) is 0 Å². The van der Waals surface area contributed by atoms with Gasteiger partial charge in [0.2, 0.25) is 0 Å². The molecule has 1 rings (SSSR count). The first-order valence-electron chi connectivity index (χ1n) is 3.31. The zero-order valence-electron chi connectivity index (χ0n) is 5.89. The lowest BCUT2D eigenvalue weighted by Gasteiger charge is -2.07. The Bertz CT molecular complexity index is 205. The van der Waals surface area contributed by atoms with Gasteiger partial charge in [0, 0.05) is 17.8 Å². The standard InChI is InChI=1S/C5H10O4S2/c6-11(7,10)9-4-5-2-1-3-8-5/h5H,1-4H2,(H,6,7,10)/t5-/m1/s1. The Morgan fingerprint density at radius 1 is 1.82 bits per heavy atom. The lowest BCUT2D eigenvalue weighted by atomic mass is 10.2. The smallest absolute Gasteiger partial charge is 0.266 e. The molecule has 11 heavy (non-hydrogen) atoms. The number of rotatable bonds is 3. The van der Waals surface area contributed by atoms with E-state index in [-0.39, 0.29) is 12.7 Å². The second kappa shape index (κ2) is 3.77. The van der Waals surface area contributed by atoms with Gasteiger partial charge in [-0.3, -0.25) is 8.74 Å². The van der Waals surface area contributed by atoms with Crippen molar-refractivity contribution in [1.82, 2.24) is 0 Å². The third-order valence-electron chi connectivity index (χ3n) is 1.43. The predicted octanol–water partition coefficient (Wildman–Crippen LogP) is 0.316. The summed E-state index contributed by atoms with van der Waals surface area (Å²) < 4.78 is 28.6. The van der Waals surface area contributed by atoms with Gasteiger partial charge in [0.15, 0.2) is 0 Å². The average Bonchev–Trinajstić information content (AvgIpc) is 2.32. The van der Waals surface area contributed by atoms with Crippen LogP contribution in [0.3, 0.4) is 0 Å². The normalized spacial score (nSPS) is 30.1. The van der Waals surface area contributed by atoms with Gasteiger partial charge in [-0.1, -0.05) is 0 Å². The van der Waals surface area contributed by atoms with Gasteiger partial charge in [0.1, 0.15) is 0 Å². The Balaban J connectivity index is 2.22. The number of hydrogen-bond donors (Lipinski definition) is 1. The maximum Gasteiger partial charge on any atom is 0.266 e. The first-order valence-corrected chi connectivity index (χ1v) is 5.68. The zero-order chi connectivity index (χ0) is 8.32. The molecule has 1 fully saturated rings. The van der Waals surface area contributed by atoms with Crippen LogP contribution in [-0.2, 0) is 29.2 Å². The molecule has 0 saturated carbocycles. The highest BCUT2D eigenvalue weighted by atomic mass is 32.9. The van der Waals surface area contributed by atoms with Crippen LogP contribution in [0.5, 0.6) is 0 Å². The molecule has 4 nitrogen and oxygen atoms in total. The van der Waals surface area contributed by atoms with Crippen molar-refractivity contribution in [2.75, 3.05) is 13.2 Å². The molecule has 1 saturated heterocycles. The SMILES string of the molecule is O=S(O)(=S)OC[C@H]1CCCO1. The molecular weight excluding hydrogens is 188 g/mol. The fraction of sp³-hybridized carbons (Fsp3) is 1.00. The topological polar surface area (TPSA) is 55.8 Å². The summed E-state index contributed by atoms with van der Waals surface area (Å²) in [5.41, 5.74) is 0. The van der Waals surface area contributed by atoms with Crippen LogP contribution in [0.15, 0.2) is 0 Å². The maximum absolute atomic E-state index is 10.4. The molecule has 0 radical (unpaired) electrons. The molecule has 0 aromatic heterocycles. The molecule has 0 amide bonds. The van der Waals surface area contributed by atoms with Crippen molar-refractivity contribution in [1.29, 1.82) is 0 Å². The third-order valence-corrected chi connectivity index (χ3v) is 2.15. The van der Waals surface area contributed by atoms with Gasteiger partial charge in [-0.2, -0.15) is 4.21 Å². The molecule has 1 N–H and O–H groups in total. The van der Waals surface area contributed by atoms with E-state index in [2.05, 4.69) is 15.4 Å². The number of ether oxygens (including phenoxy) is 1. The summed E-state index contributed by atoms with van der Waals surface area (Å²) in [6.07, 6.45) is 1.81. The minimum atomic E-state index is -3.46. The molecule has 0 aliphatic carbocycles. The van der Waals surface area contributed by atoms with E-state index in [9.17, 15) is 4.21 Å². The quantitative estimate of drug-likeness (QED) is 0.707. The molecule has 2 atom stereocenters. The summed E-state index contributed by atoms with van der Waals surface area (Å²) in [6.45, 7) is 0.830. The fourth-order valence-electron chi connectivity index (χ4n) is 0.938. The minimum absolute atomic E-state index is 0.0501. The van der Waals surface area contributed by atoms with E-state index in [0.717, 1.165) is 12.8 Å². The van der Waals surface area contributed by atoms with E-state index in [4.69, 9.17) is 9.29 Å². The van der Waals surface area contributed by atoms with E-state index >= 15 is 0 Å². The van der Waals surface area contributed by atoms with Crippen LogP contribution in [0.1, 0.15) is 12.8 Å². The van der Waals surface area contributed by atoms with E-state index in [0.29, 0.717) is 6.61 Å². The number of hydrogen-bond acceptors (Lipinski definition) is 4. The minimum Gasteiger partial charge on any atom is -0.376 e. The molecule has 0 bridgehead atoms. The molecule has 1 heterocycles. The molecule has 6 heteroatoms. The van der Waals surface area contributed by atoms with Crippen LogP contribution in [0.2, 0.25) is 0 Å². The Labute approximate surface area is 70.6 Å². The monoisotopic (exact) mass is 198 g/mol. The first kappa shape index (κ1) is 9.34. The average molecular weight is 198 g/mol. The van der Waals surface area contributed by atoms with Crippen molar-refractivity contribution in [3.05, 3.63) is 0 Å². The van der Waals surface area contributed by atoms with Crippen molar-refractivity contribution >= 4 is 20.2 Å². The van der Waals surface area contributed by atoms with Crippen LogP contribution in [-0.4, -0.2) is 28.1 Å². The second-order valence-electron chi connectivity index (χ2n) is 2.35. The molecule has 1 aliphatic heterocycles. The third kappa shape index (κ3) is 3.97. The van der Waals surface area contributed by atoms with Crippen LogP contribution < -0.4 is 0 Å². The lowest BCUT2D eigenvalue weighted by Crippen LogP contribution is -2.16. The molecule has 1 aliphatic rings. The summed E-state index contributed by atoms with van der Waals surface area (Å²) in [7, 11) is -3.46. The summed E-state index contributed by atoms with van der Waals surface area (Å²) >= 11 is 4.13. The van der Waals surface area contributed by atoms with Crippen molar-refractivity contribution in [3.63, 3.8) is 0 Å². The Morgan fingerprint density at radius 3 is 3.00 bits per heavy atom. The van der Waals surface area contributed by atoms with Gasteiger partial charge in [-0.15, -0.1) is 0 Å². The molecule has 0 aromatic rings. The van der Waals surface area contributed by atoms with Crippen LogP contribution in [0.25, 0.3) is 0 Å². The molecule has 0 aromatic carbocycles. The van der Waals surface area contributed by atoms with E-state index in [1.807, 2.05) is 0 Å². The predicted molar refractivity (Wildman–Crippen MR) is 43.1 cm³/mol. The van der Waals surface area contributed by atoms with Gasteiger partial charge in [0.05, 0.1) is 12.7 Å².